The number of hydrogen-bond donors (Lipinski definition) is 1. The number of fused-ring (bicyclic) bond motifs is 1. The highest BCUT2D eigenvalue weighted by atomic mass is 16.5. The van der Waals surface area contributed by atoms with Crippen LogP contribution in [0, 0.1) is 0 Å². The number of aliphatic imine (C=N–C) groups is 2. The summed E-state index contributed by atoms with van der Waals surface area (Å²) in [5.41, 5.74) is 0.669. The highest BCUT2D eigenvalue weighted by Gasteiger charge is 2.31. The molecule has 0 saturated carbocycles. The van der Waals surface area contributed by atoms with Crippen molar-refractivity contribution in [2.75, 3.05) is 0 Å². The van der Waals surface area contributed by atoms with Gasteiger partial charge >= 0.3 is 0 Å². The zero-order valence-electron chi connectivity index (χ0n) is 5.18. The number of rotatable bonds is 0. The van der Waals surface area contributed by atoms with Gasteiger partial charge in [0.05, 0.1) is 18.6 Å². The van der Waals surface area contributed by atoms with E-state index >= 15 is 0 Å². The summed E-state index contributed by atoms with van der Waals surface area (Å²) in [7, 11) is 0. The Balaban J connectivity index is 2.51. The first kappa shape index (κ1) is 5.52. The first-order chi connectivity index (χ1) is 4.81. The standard InChI is InChI=1S/C6H6N3O/c10-9-2-1-7-3-6(9)4-8-5-9/h1-5,10H/q+1. The van der Waals surface area contributed by atoms with E-state index in [-0.39, 0.29) is 4.65 Å². The molecule has 0 aliphatic carbocycles. The number of quaternary nitrogens is 1. The van der Waals surface area contributed by atoms with Crippen molar-refractivity contribution in [3.63, 3.8) is 0 Å². The van der Waals surface area contributed by atoms with Crippen LogP contribution in [0.15, 0.2) is 34.3 Å². The predicted octanol–water partition coefficient (Wildman–Crippen LogP) is 0.631. The van der Waals surface area contributed by atoms with Crippen molar-refractivity contribution in [1.29, 1.82) is 0 Å². The molecule has 0 amide bonds. The van der Waals surface area contributed by atoms with Gasteiger partial charge in [-0.1, -0.05) is 4.65 Å². The molecule has 1 unspecified atom stereocenters. The first-order valence-electron chi connectivity index (χ1n) is 2.88. The summed E-state index contributed by atoms with van der Waals surface area (Å²) in [6.07, 6.45) is 7.66. The quantitative estimate of drug-likeness (QED) is 0.488. The number of nitrogens with zero attached hydrogens (tertiary/aromatic N) is 3. The van der Waals surface area contributed by atoms with Crippen molar-refractivity contribution in [2.24, 2.45) is 9.98 Å². The van der Waals surface area contributed by atoms with Gasteiger partial charge in [0.15, 0.2) is 6.20 Å². The topological polar surface area (TPSA) is 45.0 Å². The summed E-state index contributed by atoms with van der Waals surface area (Å²) >= 11 is 0. The normalized spacial score (nSPS) is 34.3. The van der Waals surface area contributed by atoms with Gasteiger partial charge in [-0.2, -0.15) is 0 Å². The SMILES string of the molecule is O[N+]12C=CN=CC1=CN=C2. The maximum absolute atomic E-state index is 9.55. The van der Waals surface area contributed by atoms with E-state index in [1.165, 1.54) is 12.5 Å². The van der Waals surface area contributed by atoms with Crippen LogP contribution in [0.5, 0.6) is 0 Å². The van der Waals surface area contributed by atoms with Gasteiger partial charge in [-0.15, -0.1) is 0 Å². The van der Waals surface area contributed by atoms with E-state index in [2.05, 4.69) is 9.98 Å². The second-order valence-electron chi connectivity index (χ2n) is 2.13. The van der Waals surface area contributed by atoms with Gasteiger partial charge in [0, 0.05) is 0 Å². The van der Waals surface area contributed by atoms with Crippen LogP contribution in [-0.4, -0.2) is 22.4 Å². The Morgan fingerprint density at radius 2 is 2.30 bits per heavy atom. The van der Waals surface area contributed by atoms with Gasteiger partial charge in [-0.25, -0.2) is 10.2 Å². The fourth-order valence-electron chi connectivity index (χ4n) is 0.880. The van der Waals surface area contributed by atoms with E-state index in [0.717, 1.165) is 0 Å². The van der Waals surface area contributed by atoms with Crippen LogP contribution >= 0.6 is 0 Å². The summed E-state index contributed by atoms with van der Waals surface area (Å²) in [5.74, 6) is 0. The van der Waals surface area contributed by atoms with E-state index < -0.39 is 0 Å². The van der Waals surface area contributed by atoms with Crippen LogP contribution in [0.25, 0.3) is 0 Å². The Kier molecular flexibility index (Phi) is 0.893. The maximum atomic E-state index is 9.55. The zero-order valence-corrected chi connectivity index (χ0v) is 5.18. The maximum Gasteiger partial charge on any atom is 0.233 e. The Hall–Kier alpha value is -1.26. The average Bonchev–Trinajstić information content (AvgIpc) is 2.29. The molecule has 0 aromatic rings. The molecule has 2 rings (SSSR count). The van der Waals surface area contributed by atoms with E-state index in [0.29, 0.717) is 5.70 Å². The van der Waals surface area contributed by atoms with Crippen LogP contribution in [-0.2, 0) is 0 Å². The largest absolute Gasteiger partial charge is 0.253 e. The zero-order chi connectivity index (χ0) is 7.03. The van der Waals surface area contributed by atoms with Crippen molar-refractivity contribution >= 4 is 12.6 Å². The summed E-state index contributed by atoms with van der Waals surface area (Å²) in [6, 6.07) is 0. The molecule has 0 bridgehead atoms. The second-order valence-corrected chi connectivity index (χ2v) is 2.13. The van der Waals surface area contributed by atoms with E-state index in [4.69, 9.17) is 0 Å². The summed E-state index contributed by atoms with van der Waals surface area (Å²) in [4.78, 5) is 7.63. The van der Waals surface area contributed by atoms with Crippen LogP contribution in [0.4, 0.5) is 0 Å². The highest BCUT2D eigenvalue weighted by molar-refractivity contribution is 5.81. The second kappa shape index (κ2) is 1.62. The molecule has 0 aromatic heterocycles. The molecular formula is C6H6N3O+. The molecule has 0 fully saturated rings. The Morgan fingerprint density at radius 1 is 1.40 bits per heavy atom. The Labute approximate surface area is 57.7 Å². The van der Waals surface area contributed by atoms with E-state index in [9.17, 15) is 5.21 Å². The van der Waals surface area contributed by atoms with Gasteiger partial charge in [0.1, 0.15) is 0 Å². The van der Waals surface area contributed by atoms with Gasteiger partial charge in [-0.3, -0.25) is 4.99 Å². The Morgan fingerprint density at radius 3 is 3.10 bits per heavy atom. The summed E-state index contributed by atoms with van der Waals surface area (Å²) in [6.45, 7) is 0. The van der Waals surface area contributed by atoms with Crippen LogP contribution in [0.2, 0.25) is 0 Å². The summed E-state index contributed by atoms with van der Waals surface area (Å²) in [5, 5.41) is 9.55. The number of allylic oxidation sites excluding steroid dienone is 1. The van der Waals surface area contributed by atoms with Gasteiger partial charge in [-0.05, 0) is 0 Å². The molecule has 0 aromatic carbocycles. The molecule has 4 heteroatoms. The monoisotopic (exact) mass is 136 g/mol. The summed E-state index contributed by atoms with van der Waals surface area (Å²) < 4.78 is -0.344. The Bertz CT molecular complexity index is 277. The third-order valence-electron chi connectivity index (χ3n) is 1.45. The van der Waals surface area contributed by atoms with Crippen LogP contribution < -0.4 is 0 Å². The lowest BCUT2D eigenvalue weighted by molar-refractivity contribution is -0.945. The first-order valence-corrected chi connectivity index (χ1v) is 2.88. The minimum atomic E-state index is -0.344. The third kappa shape index (κ3) is 0.570. The molecule has 10 heavy (non-hydrogen) atoms. The van der Waals surface area contributed by atoms with Gasteiger partial charge < -0.3 is 0 Å². The molecule has 2 aliphatic rings. The lowest BCUT2D eigenvalue weighted by atomic mass is 10.4. The minimum Gasteiger partial charge on any atom is -0.253 e. The molecule has 2 heterocycles. The molecule has 0 spiro atoms. The number of hydroxylamine groups is 3. The lowest BCUT2D eigenvalue weighted by Crippen LogP contribution is -2.35. The fourth-order valence-corrected chi connectivity index (χ4v) is 0.880. The van der Waals surface area contributed by atoms with Crippen molar-refractivity contribution in [3.8, 4) is 0 Å². The van der Waals surface area contributed by atoms with Gasteiger partial charge in [0.25, 0.3) is 0 Å². The lowest BCUT2D eigenvalue weighted by Gasteiger charge is -2.16. The molecule has 2 aliphatic heterocycles. The molecule has 4 nitrogen and oxygen atoms in total. The average molecular weight is 136 g/mol. The van der Waals surface area contributed by atoms with E-state index in [1.807, 2.05) is 0 Å². The van der Waals surface area contributed by atoms with Crippen LogP contribution in [0.1, 0.15) is 0 Å². The molecule has 50 valence electrons. The molecular weight excluding hydrogens is 130 g/mol. The molecule has 1 atom stereocenters. The highest BCUT2D eigenvalue weighted by Crippen LogP contribution is 2.18. The van der Waals surface area contributed by atoms with Crippen molar-refractivity contribution in [3.05, 3.63) is 24.3 Å². The van der Waals surface area contributed by atoms with Crippen LogP contribution in [0.3, 0.4) is 0 Å². The predicted molar refractivity (Wildman–Crippen MR) is 36.3 cm³/mol. The smallest absolute Gasteiger partial charge is 0.233 e. The fraction of sp³-hybridized carbons (Fsp3) is 0. The van der Waals surface area contributed by atoms with Gasteiger partial charge in [0.2, 0.25) is 12.0 Å². The third-order valence-corrected chi connectivity index (χ3v) is 1.45. The van der Waals surface area contributed by atoms with Crippen molar-refractivity contribution < 1.29 is 9.85 Å². The minimum absolute atomic E-state index is 0.344. The number of hydrogen-bond acceptors (Lipinski definition) is 3. The van der Waals surface area contributed by atoms with E-state index in [1.54, 1.807) is 18.6 Å². The van der Waals surface area contributed by atoms with Crippen molar-refractivity contribution in [1.82, 2.24) is 0 Å². The molecule has 0 radical (unpaired) electrons. The molecule has 0 saturated heterocycles. The molecule has 1 N–H and O–H groups in total. The van der Waals surface area contributed by atoms with Crippen molar-refractivity contribution in [2.45, 2.75) is 0 Å².